The van der Waals surface area contributed by atoms with E-state index >= 15 is 0 Å². The Bertz CT molecular complexity index is 3330. The quantitative estimate of drug-likeness (QED) is 0.0283. The summed E-state index contributed by atoms with van der Waals surface area (Å²) in [6.07, 6.45) is 6.22. The van der Waals surface area contributed by atoms with Gasteiger partial charge in [0.2, 0.25) is 0 Å². The van der Waals surface area contributed by atoms with Gasteiger partial charge in [-0.25, -0.2) is 0 Å². The van der Waals surface area contributed by atoms with Crippen LogP contribution in [0.15, 0.2) is 84.9 Å². The molecule has 13 N–H and O–H groups in total. The summed E-state index contributed by atoms with van der Waals surface area (Å²) in [5, 5.41) is 122. The SMILES string of the molecule is CC(C)(C)c1cc(CO)c(O)c(CO)c1.CCOCc1cc(C)cc(CC)c1O.CCOCc1cc(CC)cc(CC)c1O.CCc1cc(C)cc(COC)c1O.CCc1cc(CC)c(O)c(COC)c1.CCc1cc(CO)c(O)c(CO)c1.Cc1cc(CO)c(O)c(CO)c1. The van der Waals surface area contributed by atoms with E-state index in [9.17, 15) is 35.7 Å². The molecule has 0 aromatic heterocycles. The second-order valence-corrected chi connectivity index (χ2v) is 24.0. The Kier molecular flexibility index (Phi) is 41.6. The van der Waals surface area contributed by atoms with Gasteiger partial charge in [-0.3, -0.25) is 0 Å². The number of benzene rings is 7. The van der Waals surface area contributed by atoms with Crippen molar-refractivity contribution in [3.63, 3.8) is 0 Å². The highest BCUT2D eigenvalue weighted by atomic mass is 16.5. The van der Waals surface area contributed by atoms with Gasteiger partial charge in [0.1, 0.15) is 40.2 Å². The molecule has 0 aliphatic carbocycles. The molecule has 0 saturated carbocycles. The third-order valence-corrected chi connectivity index (χ3v) is 15.6. The maximum Gasteiger partial charge on any atom is 0.126 e. The van der Waals surface area contributed by atoms with Crippen LogP contribution in [0.2, 0.25) is 0 Å². The smallest absolute Gasteiger partial charge is 0.126 e. The van der Waals surface area contributed by atoms with Crippen LogP contribution in [-0.4, -0.2) is 93.8 Å². The number of phenols is 7. The lowest BCUT2D eigenvalue weighted by molar-refractivity contribution is 0.132. The number of aliphatic hydroxyl groups is 6. The lowest BCUT2D eigenvalue weighted by Gasteiger charge is -2.21. The fourth-order valence-electron chi connectivity index (χ4n) is 10.1. The van der Waals surface area contributed by atoms with Gasteiger partial charge >= 0.3 is 0 Å². The van der Waals surface area contributed by atoms with Gasteiger partial charge in [0.15, 0.2) is 0 Å². The first-order valence-electron chi connectivity index (χ1n) is 33.2. The average Bonchev–Trinajstić information content (AvgIpc) is 0.846. The Morgan fingerprint density at radius 3 is 0.719 bits per heavy atom. The normalized spacial score (nSPS) is 10.7. The minimum Gasteiger partial charge on any atom is -0.507 e. The molecule has 0 spiro atoms. The van der Waals surface area contributed by atoms with Gasteiger partial charge in [0.25, 0.3) is 0 Å². The highest BCUT2D eigenvalue weighted by Crippen LogP contribution is 2.33. The molecule has 17 nitrogen and oxygen atoms in total. The molecule has 17 heteroatoms. The van der Waals surface area contributed by atoms with E-state index in [-0.39, 0.29) is 62.3 Å². The molecule has 96 heavy (non-hydrogen) atoms. The minimum atomic E-state index is -0.219. The summed E-state index contributed by atoms with van der Waals surface area (Å²) in [7, 11) is 3.27. The van der Waals surface area contributed by atoms with Crippen molar-refractivity contribution in [1.82, 2.24) is 0 Å². The minimum absolute atomic E-state index is 0.00204. The Balaban J connectivity index is 0.000000561. The van der Waals surface area contributed by atoms with Crippen molar-refractivity contribution >= 4 is 0 Å². The largest absolute Gasteiger partial charge is 0.507 e. The first kappa shape index (κ1) is 86.8. The van der Waals surface area contributed by atoms with Gasteiger partial charge in [0, 0.05) is 83.1 Å². The van der Waals surface area contributed by atoms with Crippen LogP contribution in [0.1, 0.15) is 200 Å². The van der Waals surface area contributed by atoms with Crippen molar-refractivity contribution in [2.45, 2.75) is 220 Å². The molecule has 7 aromatic carbocycles. The molecular formula is C79H116O17. The Hall–Kier alpha value is -7.26. The Labute approximate surface area is 572 Å². The van der Waals surface area contributed by atoms with Gasteiger partial charge in [-0.15, -0.1) is 0 Å². The first-order valence-corrected chi connectivity index (χ1v) is 33.2. The number of rotatable bonds is 23. The van der Waals surface area contributed by atoms with E-state index in [2.05, 4.69) is 32.9 Å². The lowest BCUT2D eigenvalue weighted by atomic mass is 9.85. The van der Waals surface area contributed by atoms with E-state index in [1.165, 1.54) is 22.3 Å². The molecule has 7 rings (SSSR count). The van der Waals surface area contributed by atoms with Gasteiger partial charge in [-0.05, 0) is 166 Å². The third-order valence-electron chi connectivity index (χ3n) is 15.6. The van der Waals surface area contributed by atoms with Crippen LogP contribution in [-0.2, 0) is 135 Å². The summed E-state index contributed by atoms with van der Waals surface area (Å²) >= 11 is 0. The molecule has 0 atom stereocenters. The molecule has 0 heterocycles. The molecule has 7 aromatic rings. The summed E-state index contributed by atoms with van der Waals surface area (Å²) in [5.41, 5.74) is 18.1. The second-order valence-electron chi connectivity index (χ2n) is 24.0. The molecule has 0 aliphatic heterocycles. The van der Waals surface area contributed by atoms with E-state index in [1.807, 2.05) is 119 Å². The molecule has 534 valence electrons. The third kappa shape index (κ3) is 28.1. The lowest BCUT2D eigenvalue weighted by Crippen LogP contribution is -2.12. The van der Waals surface area contributed by atoms with Crippen molar-refractivity contribution in [1.29, 1.82) is 0 Å². The summed E-state index contributed by atoms with van der Waals surface area (Å²) in [4.78, 5) is 0. The van der Waals surface area contributed by atoms with Crippen molar-refractivity contribution in [3.8, 4) is 40.2 Å². The maximum atomic E-state index is 9.96. The van der Waals surface area contributed by atoms with Gasteiger partial charge < -0.3 is 85.3 Å². The molecule has 0 bridgehead atoms. The molecular weight excluding hydrogens is 1220 g/mol. The van der Waals surface area contributed by atoms with Crippen LogP contribution in [0, 0.1) is 20.8 Å². The molecule has 0 amide bonds. The molecule has 0 unspecified atom stereocenters. The monoisotopic (exact) mass is 1340 g/mol. The van der Waals surface area contributed by atoms with E-state index < -0.39 is 0 Å². The highest BCUT2D eigenvalue weighted by molar-refractivity contribution is 5.49. The van der Waals surface area contributed by atoms with Gasteiger partial charge in [0.05, 0.1) is 66.1 Å². The highest BCUT2D eigenvalue weighted by Gasteiger charge is 2.19. The van der Waals surface area contributed by atoms with Crippen LogP contribution in [0.4, 0.5) is 0 Å². The van der Waals surface area contributed by atoms with Crippen molar-refractivity contribution in [2.24, 2.45) is 0 Å². The van der Waals surface area contributed by atoms with E-state index in [4.69, 9.17) is 49.6 Å². The average molecular weight is 1340 g/mol. The summed E-state index contributed by atoms with van der Waals surface area (Å²) in [5.74, 6) is 1.57. The van der Waals surface area contributed by atoms with E-state index in [1.54, 1.807) is 50.6 Å². The fraction of sp³-hybridized carbons (Fsp3) is 0.468. The van der Waals surface area contributed by atoms with Crippen molar-refractivity contribution in [2.75, 3.05) is 27.4 Å². The van der Waals surface area contributed by atoms with Crippen LogP contribution >= 0.6 is 0 Å². The van der Waals surface area contributed by atoms with Gasteiger partial charge in [-0.1, -0.05) is 134 Å². The predicted octanol–water partition coefficient (Wildman–Crippen LogP) is 14.2. The fourth-order valence-corrected chi connectivity index (χ4v) is 10.1. The van der Waals surface area contributed by atoms with E-state index in [0.29, 0.717) is 96.0 Å². The van der Waals surface area contributed by atoms with Crippen molar-refractivity contribution in [3.05, 3.63) is 202 Å². The molecule has 0 radical (unpaired) electrons. The predicted molar refractivity (Wildman–Crippen MR) is 383 cm³/mol. The van der Waals surface area contributed by atoms with Gasteiger partial charge in [-0.2, -0.15) is 0 Å². The van der Waals surface area contributed by atoms with Crippen LogP contribution < -0.4 is 0 Å². The standard InChI is InChI=1S/C13H20O2.C12H18O3.2C12H18O2.C11H16O2.C10H14O3.C9H12O3/c1-4-10-7-11(5-2)13(14)12(8-10)9-15-6-3;1-12(2,3)10-4-8(6-13)11(15)9(5-10)7-14;1-4-9-6-10(5-2)12(13)11(7-9)8-14-3;1-4-10-6-9(3)7-11(12(10)13)8-14-5-2;1-4-9-5-8(2)6-10(7-13-3)11(9)12;1-2-7-3-8(5-11)10(13)9(4-7)6-12;1-6-2-7(4-10)9(12)8(3-6)5-11/h7-8,14H,4-6,9H2,1-3H3;4-5,13-15H,6-7H2,1-3H3;2*6-7,13H,4-5,8H2,1-3H3;5-6,12H,4,7H2,1-3H3;3-4,11-13H,2,5-6H2,1H3;2-3,10-12H,4-5H2,1H3. The maximum absolute atomic E-state index is 9.96. The van der Waals surface area contributed by atoms with Crippen LogP contribution in [0.25, 0.3) is 0 Å². The van der Waals surface area contributed by atoms with Crippen LogP contribution in [0.3, 0.4) is 0 Å². The van der Waals surface area contributed by atoms with Crippen LogP contribution in [0.5, 0.6) is 40.2 Å². The second kappa shape index (κ2) is 46.0. The first-order chi connectivity index (χ1) is 45.6. The molecule has 0 aliphatic rings. The number of methoxy groups -OCH3 is 2. The number of ether oxygens (including phenoxy) is 4. The summed E-state index contributed by atoms with van der Waals surface area (Å²) in [6.45, 7) is 32.4. The molecule has 0 fully saturated rings. The Morgan fingerprint density at radius 2 is 0.469 bits per heavy atom. The Morgan fingerprint density at radius 1 is 0.271 bits per heavy atom. The zero-order valence-electron chi connectivity index (χ0n) is 60.5. The number of hydrogen-bond donors (Lipinski definition) is 13. The number of phenolic OH excluding ortho intramolecular Hbond substituents is 4. The summed E-state index contributed by atoms with van der Waals surface area (Å²) in [6, 6.07) is 26.6. The number of aliphatic hydroxyl groups excluding tert-OH is 6. The zero-order chi connectivity index (χ0) is 72.8. The van der Waals surface area contributed by atoms with Crippen molar-refractivity contribution < 1.29 is 85.3 Å². The summed E-state index contributed by atoms with van der Waals surface area (Å²) < 4.78 is 20.7. The number of hydrogen-bond acceptors (Lipinski definition) is 17. The molecule has 0 saturated heterocycles. The number of aromatic hydroxyl groups is 7. The zero-order valence-corrected chi connectivity index (χ0v) is 60.5. The topological polar surface area (TPSA) is 300 Å². The number of aryl methyl sites for hydroxylation is 10. The van der Waals surface area contributed by atoms with E-state index in [0.717, 1.165) is 106 Å².